The number of hydrogen-bond donors (Lipinski definition) is 2. The third kappa shape index (κ3) is 2.67. The monoisotopic (exact) mass is 429 g/mol. The average Bonchev–Trinajstić information content (AvgIpc) is 3.08. The molecule has 2 bridgehead atoms. The predicted molar refractivity (Wildman–Crippen MR) is 109 cm³/mol. The van der Waals surface area contributed by atoms with Crippen molar-refractivity contribution in [1.29, 1.82) is 0 Å². The lowest BCUT2D eigenvalue weighted by Crippen LogP contribution is -2.74. The van der Waals surface area contributed by atoms with Crippen LogP contribution in [0.5, 0.6) is 11.5 Å². The van der Waals surface area contributed by atoms with Crippen molar-refractivity contribution in [3.63, 3.8) is 0 Å². The van der Waals surface area contributed by atoms with E-state index in [1.54, 1.807) is 13.2 Å². The fourth-order valence-corrected chi connectivity index (χ4v) is 6.15. The highest BCUT2D eigenvalue weighted by Gasteiger charge is 2.72. The maximum atomic E-state index is 12.4. The van der Waals surface area contributed by atoms with Crippen molar-refractivity contribution in [2.24, 2.45) is 0 Å². The molecule has 4 aliphatic rings. The van der Waals surface area contributed by atoms with Gasteiger partial charge in [0.1, 0.15) is 5.76 Å². The molecular formula is C23H27NO7. The number of carboxylic acid groups (broad SMARTS) is 1. The van der Waals surface area contributed by atoms with Crippen LogP contribution in [0.4, 0.5) is 0 Å². The number of ether oxygens (including phenoxy) is 3. The van der Waals surface area contributed by atoms with Gasteiger partial charge in [-0.25, -0.2) is 0 Å². The average molecular weight is 429 g/mol. The smallest absolute Gasteiger partial charge is 0.310 e. The van der Waals surface area contributed by atoms with Crippen LogP contribution in [0, 0.1) is 0 Å². The molecule has 1 spiro atoms. The number of benzene rings is 1. The van der Waals surface area contributed by atoms with Crippen LogP contribution in [0.25, 0.3) is 0 Å². The van der Waals surface area contributed by atoms with Gasteiger partial charge in [-0.2, -0.15) is 0 Å². The molecule has 31 heavy (non-hydrogen) atoms. The first-order chi connectivity index (χ1) is 14.8. The largest absolute Gasteiger partial charge is 0.493 e. The van der Waals surface area contributed by atoms with Gasteiger partial charge in [0.2, 0.25) is 0 Å². The number of hydrogen-bond acceptors (Lipinski definition) is 7. The molecule has 0 aromatic heterocycles. The summed E-state index contributed by atoms with van der Waals surface area (Å²) in [6, 6.07) is 3.87. The number of carboxylic acids is 1. The van der Waals surface area contributed by atoms with Gasteiger partial charge in [0, 0.05) is 30.9 Å². The lowest BCUT2D eigenvalue weighted by atomic mass is 9.50. The number of rotatable bonds is 6. The number of aliphatic carboxylic acids is 1. The van der Waals surface area contributed by atoms with Gasteiger partial charge in [-0.15, -0.1) is 0 Å². The van der Waals surface area contributed by atoms with Gasteiger partial charge < -0.3 is 29.3 Å². The Hall–Kier alpha value is -2.58. The predicted octanol–water partition coefficient (Wildman–Crippen LogP) is 1.77. The second kappa shape index (κ2) is 6.97. The van der Waals surface area contributed by atoms with Crippen LogP contribution < -0.4 is 9.47 Å². The van der Waals surface area contributed by atoms with E-state index in [-0.39, 0.29) is 25.3 Å². The second-order valence-electron chi connectivity index (χ2n) is 9.01. The Morgan fingerprint density at radius 2 is 2.13 bits per heavy atom. The summed E-state index contributed by atoms with van der Waals surface area (Å²) in [5.74, 6) is 0.207. The summed E-state index contributed by atoms with van der Waals surface area (Å²) in [6.07, 6.45) is 3.03. The fraction of sp³-hybridized carbons (Fsp3) is 0.565. The van der Waals surface area contributed by atoms with E-state index in [0.717, 1.165) is 24.1 Å². The maximum Gasteiger partial charge on any atom is 0.310 e. The zero-order valence-electron chi connectivity index (χ0n) is 17.7. The summed E-state index contributed by atoms with van der Waals surface area (Å²) in [7, 11) is 3.63. The third-order valence-electron chi connectivity index (χ3n) is 7.56. The third-order valence-corrected chi connectivity index (χ3v) is 7.56. The van der Waals surface area contributed by atoms with Gasteiger partial charge in [-0.3, -0.25) is 9.59 Å². The molecule has 4 atom stereocenters. The minimum atomic E-state index is -1.05. The summed E-state index contributed by atoms with van der Waals surface area (Å²) in [5, 5.41) is 20.9. The lowest BCUT2D eigenvalue weighted by molar-refractivity contribution is -0.169. The van der Waals surface area contributed by atoms with Crippen molar-refractivity contribution in [2.75, 3.05) is 20.7 Å². The number of likely N-dealkylation sites (tertiary alicyclic amines) is 1. The Morgan fingerprint density at radius 1 is 1.32 bits per heavy atom. The van der Waals surface area contributed by atoms with E-state index in [1.807, 2.05) is 19.2 Å². The summed E-state index contributed by atoms with van der Waals surface area (Å²) >= 11 is 0. The molecule has 1 saturated heterocycles. The normalized spacial score (nSPS) is 32.5. The van der Waals surface area contributed by atoms with Crippen LogP contribution in [-0.2, 0) is 26.2 Å². The number of likely N-dealkylation sites (N-methyl/N-ethyl adjacent to an activating group) is 1. The molecular weight excluding hydrogens is 402 g/mol. The van der Waals surface area contributed by atoms with Gasteiger partial charge in [-0.1, -0.05) is 6.07 Å². The highest BCUT2D eigenvalue weighted by molar-refractivity contribution is 5.73. The highest BCUT2D eigenvalue weighted by atomic mass is 16.6. The number of aliphatic hydroxyl groups is 1. The number of esters is 1. The molecule has 0 saturated carbocycles. The molecule has 5 rings (SSSR count). The number of carbonyl (C=O) groups is 2. The van der Waals surface area contributed by atoms with Gasteiger partial charge >= 0.3 is 11.9 Å². The minimum absolute atomic E-state index is 0.0144. The van der Waals surface area contributed by atoms with Crippen LogP contribution in [0.2, 0.25) is 0 Å². The quantitative estimate of drug-likeness (QED) is 0.660. The van der Waals surface area contributed by atoms with Crippen LogP contribution in [0.1, 0.15) is 43.2 Å². The maximum absolute atomic E-state index is 12.4. The standard InChI is InChI=1S/C23H27NO7/c1-24-11-10-22-19-13-6-7-14(29-2)20(19)31-21(22)15(8-9-23(22,28)16(24)12-13)30-18(27)5-3-4-17(25)26/h6-8,16,21,28H,3-5,9-12H2,1-2H3,(H,25,26)/t16-,21+,22+,23-/m1/s1. The Kier molecular flexibility index (Phi) is 4.57. The Labute approximate surface area is 180 Å². The number of piperidine rings is 1. The first kappa shape index (κ1) is 20.3. The SMILES string of the molecule is COc1ccc2c3c1O[C@H]1C(OC(=O)CCCC(=O)O)=CC[C@@]4(O)[C@@H](C2)N(C)CC[C@]314. The van der Waals surface area contributed by atoms with E-state index in [0.29, 0.717) is 30.1 Å². The van der Waals surface area contributed by atoms with E-state index in [9.17, 15) is 14.7 Å². The number of nitrogens with zero attached hydrogens (tertiary/aromatic N) is 1. The molecule has 2 heterocycles. The van der Waals surface area contributed by atoms with Gasteiger partial charge in [0.15, 0.2) is 17.6 Å². The molecule has 2 aliphatic heterocycles. The number of methoxy groups -OCH3 is 1. The van der Waals surface area contributed by atoms with Crippen molar-refractivity contribution >= 4 is 11.9 Å². The Balaban J connectivity index is 1.55. The van der Waals surface area contributed by atoms with E-state index < -0.39 is 29.1 Å². The van der Waals surface area contributed by atoms with Crippen molar-refractivity contribution in [3.05, 3.63) is 35.1 Å². The van der Waals surface area contributed by atoms with E-state index in [4.69, 9.17) is 19.3 Å². The summed E-state index contributed by atoms with van der Waals surface area (Å²) < 4.78 is 17.7. The zero-order chi connectivity index (χ0) is 22.0. The van der Waals surface area contributed by atoms with Gasteiger partial charge in [0.05, 0.1) is 18.1 Å². The first-order valence-electron chi connectivity index (χ1n) is 10.7. The van der Waals surface area contributed by atoms with Crippen LogP contribution in [0.3, 0.4) is 0 Å². The molecule has 0 unspecified atom stereocenters. The summed E-state index contributed by atoms with van der Waals surface area (Å²) in [4.78, 5) is 25.4. The Morgan fingerprint density at radius 3 is 2.87 bits per heavy atom. The lowest BCUT2D eigenvalue weighted by Gasteiger charge is -2.61. The first-order valence-corrected chi connectivity index (χ1v) is 10.7. The van der Waals surface area contributed by atoms with Crippen LogP contribution in [0.15, 0.2) is 24.0 Å². The second-order valence-corrected chi connectivity index (χ2v) is 9.01. The van der Waals surface area contributed by atoms with E-state index >= 15 is 0 Å². The fourth-order valence-electron chi connectivity index (χ4n) is 6.15. The minimum Gasteiger partial charge on any atom is -0.493 e. The van der Waals surface area contributed by atoms with Gasteiger partial charge in [0.25, 0.3) is 0 Å². The molecule has 0 radical (unpaired) electrons. The highest BCUT2D eigenvalue weighted by Crippen LogP contribution is 2.65. The molecule has 2 N–H and O–H groups in total. The molecule has 8 nitrogen and oxygen atoms in total. The van der Waals surface area contributed by atoms with Crippen molar-refractivity contribution in [3.8, 4) is 11.5 Å². The number of carbonyl (C=O) groups excluding carboxylic acids is 1. The molecule has 2 aliphatic carbocycles. The molecule has 1 aromatic rings. The Bertz CT molecular complexity index is 988. The molecule has 166 valence electrons. The molecule has 8 heteroatoms. The van der Waals surface area contributed by atoms with Gasteiger partial charge in [-0.05, 0) is 50.6 Å². The van der Waals surface area contributed by atoms with Crippen molar-refractivity contribution in [1.82, 2.24) is 4.90 Å². The van der Waals surface area contributed by atoms with E-state index in [1.165, 1.54) is 0 Å². The van der Waals surface area contributed by atoms with E-state index in [2.05, 4.69) is 4.90 Å². The molecule has 0 amide bonds. The zero-order valence-corrected chi connectivity index (χ0v) is 17.7. The van der Waals surface area contributed by atoms with Crippen LogP contribution in [-0.4, -0.2) is 65.5 Å². The summed E-state index contributed by atoms with van der Waals surface area (Å²) in [5.41, 5.74) is 0.353. The van der Waals surface area contributed by atoms with Crippen LogP contribution >= 0.6 is 0 Å². The van der Waals surface area contributed by atoms with Crippen molar-refractivity contribution < 1.29 is 34.0 Å². The van der Waals surface area contributed by atoms with Crippen molar-refractivity contribution in [2.45, 2.75) is 61.7 Å². The topological polar surface area (TPSA) is 106 Å². The molecule has 1 fully saturated rings. The summed E-state index contributed by atoms with van der Waals surface area (Å²) in [6.45, 7) is 0.794. The molecule has 1 aromatic carbocycles.